The van der Waals surface area contributed by atoms with Gasteiger partial charge in [-0.2, -0.15) is 0 Å². The fourth-order valence-electron chi connectivity index (χ4n) is 1.80. The number of H-pyrrole nitrogens is 1. The van der Waals surface area contributed by atoms with Gasteiger partial charge in [-0.05, 0) is 6.92 Å². The van der Waals surface area contributed by atoms with Crippen LogP contribution in [0.4, 0.5) is 0 Å². The highest BCUT2D eigenvalue weighted by atomic mass is 35.5. The fourth-order valence-corrected chi connectivity index (χ4v) is 3.00. The summed E-state index contributed by atoms with van der Waals surface area (Å²) in [5.74, 6) is -0.213. The zero-order valence-electron chi connectivity index (χ0n) is 9.64. The van der Waals surface area contributed by atoms with Crippen LogP contribution in [0.2, 0.25) is 4.47 Å². The number of aromatic hydroxyl groups is 1. The van der Waals surface area contributed by atoms with Gasteiger partial charge in [-0.15, -0.1) is 11.3 Å². The molecule has 96 valence electrons. The number of halogens is 1. The highest BCUT2D eigenvalue weighted by Gasteiger charge is 2.19. The average molecular weight is 295 g/mol. The topological polar surface area (TPSA) is 91.8 Å². The van der Waals surface area contributed by atoms with Crippen molar-refractivity contribution in [3.63, 3.8) is 0 Å². The van der Waals surface area contributed by atoms with E-state index in [1.165, 1.54) is 12.4 Å². The number of hydrogen-bond donors (Lipinski definition) is 2. The van der Waals surface area contributed by atoms with Gasteiger partial charge in [-0.25, -0.2) is 15.0 Å². The normalized spacial score (nSPS) is 11.1. The number of thiazole rings is 1. The molecule has 19 heavy (non-hydrogen) atoms. The molecular formula is C11H7ClN4O2S. The molecule has 6 nitrogen and oxygen atoms in total. The molecule has 0 aliphatic rings. The standard InChI is InChI=1S/C11H7ClN4O2S/c1-4-8(19-11(12)15-4)5-7(17)6-9(16-10(5)18)14-3-2-13-6/h2-3H,1H3,(H2,14,16,17,18). The lowest BCUT2D eigenvalue weighted by molar-refractivity contribution is 0.481. The Balaban J connectivity index is 2.42. The number of rotatable bonds is 1. The minimum atomic E-state index is -0.450. The Morgan fingerprint density at radius 3 is 2.79 bits per heavy atom. The molecule has 8 heteroatoms. The van der Waals surface area contributed by atoms with Crippen LogP contribution in [0.5, 0.6) is 5.75 Å². The van der Waals surface area contributed by atoms with Gasteiger partial charge in [0.15, 0.2) is 15.9 Å². The second-order valence-corrected chi connectivity index (χ2v) is 5.39. The van der Waals surface area contributed by atoms with E-state index in [9.17, 15) is 9.90 Å². The van der Waals surface area contributed by atoms with E-state index in [4.69, 9.17) is 11.6 Å². The molecule has 0 saturated carbocycles. The van der Waals surface area contributed by atoms with E-state index in [2.05, 4.69) is 19.9 Å². The summed E-state index contributed by atoms with van der Waals surface area (Å²) in [6.07, 6.45) is 2.88. The predicted molar refractivity (Wildman–Crippen MR) is 72.7 cm³/mol. The molecule has 0 bridgehead atoms. The maximum Gasteiger partial charge on any atom is 0.262 e. The first kappa shape index (κ1) is 12.1. The Hall–Kier alpha value is -1.99. The zero-order valence-corrected chi connectivity index (χ0v) is 11.2. The second kappa shape index (κ2) is 4.29. The lowest BCUT2D eigenvalue weighted by atomic mass is 10.2. The largest absolute Gasteiger partial charge is 0.505 e. The van der Waals surface area contributed by atoms with E-state index in [0.29, 0.717) is 15.0 Å². The van der Waals surface area contributed by atoms with Crippen LogP contribution >= 0.6 is 22.9 Å². The molecular weight excluding hydrogens is 288 g/mol. The molecule has 0 radical (unpaired) electrons. The minimum Gasteiger partial charge on any atom is -0.505 e. The van der Waals surface area contributed by atoms with Crippen LogP contribution < -0.4 is 5.56 Å². The summed E-state index contributed by atoms with van der Waals surface area (Å²) in [4.78, 5) is 27.2. The Kier molecular flexibility index (Phi) is 2.72. The molecule has 3 aromatic rings. The summed E-state index contributed by atoms with van der Waals surface area (Å²) in [6, 6.07) is 0. The third-order valence-electron chi connectivity index (χ3n) is 2.62. The van der Waals surface area contributed by atoms with Gasteiger partial charge in [0.1, 0.15) is 11.1 Å². The quantitative estimate of drug-likeness (QED) is 0.717. The first-order valence-electron chi connectivity index (χ1n) is 5.27. The lowest BCUT2D eigenvalue weighted by Crippen LogP contribution is -2.10. The Labute approximate surface area is 115 Å². The van der Waals surface area contributed by atoms with Gasteiger partial charge in [0.05, 0.1) is 10.6 Å². The van der Waals surface area contributed by atoms with Gasteiger partial charge in [-0.3, -0.25) is 4.79 Å². The molecule has 0 atom stereocenters. The van der Waals surface area contributed by atoms with Crippen LogP contribution in [0.1, 0.15) is 5.69 Å². The molecule has 0 spiro atoms. The van der Waals surface area contributed by atoms with E-state index in [-0.39, 0.29) is 22.5 Å². The number of hydrogen-bond acceptors (Lipinski definition) is 6. The summed E-state index contributed by atoms with van der Waals surface area (Å²) in [6.45, 7) is 1.72. The number of aryl methyl sites for hydroxylation is 1. The number of nitrogens with one attached hydrogen (secondary N) is 1. The van der Waals surface area contributed by atoms with Gasteiger partial charge >= 0.3 is 0 Å². The number of fused-ring (bicyclic) bond motifs is 1. The Bertz CT molecular complexity index is 842. The third kappa shape index (κ3) is 1.87. The van der Waals surface area contributed by atoms with Crippen molar-refractivity contribution in [2.75, 3.05) is 0 Å². The minimum absolute atomic E-state index is 0.120. The molecule has 3 rings (SSSR count). The first-order chi connectivity index (χ1) is 9.08. The number of nitrogens with zero attached hydrogens (tertiary/aromatic N) is 3. The van der Waals surface area contributed by atoms with Crippen LogP contribution in [0.15, 0.2) is 17.2 Å². The van der Waals surface area contributed by atoms with Crippen molar-refractivity contribution >= 4 is 34.1 Å². The maximum absolute atomic E-state index is 12.1. The molecule has 0 amide bonds. The van der Waals surface area contributed by atoms with E-state index >= 15 is 0 Å². The van der Waals surface area contributed by atoms with Crippen LogP contribution in [-0.2, 0) is 0 Å². The van der Waals surface area contributed by atoms with Gasteiger partial charge < -0.3 is 10.1 Å². The summed E-state index contributed by atoms with van der Waals surface area (Å²) in [5.41, 5.74) is 0.728. The van der Waals surface area contributed by atoms with E-state index in [1.807, 2.05) is 0 Å². The molecule has 0 aliphatic carbocycles. The molecule has 0 fully saturated rings. The van der Waals surface area contributed by atoms with Crippen molar-refractivity contribution in [3.8, 4) is 16.2 Å². The summed E-state index contributed by atoms with van der Waals surface area (Å²) in [5, 5.41) is 10.2. The second-order valence-electron chi connectivity index (χ2n) is 3.81. The van der Waals surface area contributed by atoms with Crippen LogP contribution in [0, 0.1) is 6.92 Å². The van der Waals surface area contributed by atoms with Crippen LogP contribution in [0.3, 0.4) is 0 Å². The highest BCUT2D eigenvalue weighted by molar-refractivity contribution is 7.19. The molecule has 2 N–H and O–H groups in total. The maximum atomic E-state index is 12.1. The van der Waals surface area contributed by atoms with Gasteiger partial charge in [-0.1, -0.05) is 11.6 Å². The number of pyridine rings is 1. The molecule has 0 aliphatic heterocycles. The van der Waals surface area contributed by atoms with Crippen molar-refractivity contribution in [2.24, 2.45) is 0 Å². The number of aromatic nitrogens is 4. The monoisotopic (exact) mass is 294 g/mol. The Morgan fingerprint density at radius 2 is 2.11 bits per heavy atom. The Morgan fingerprint density at radius 1 is 1.37 bits per heavy atom. The van der Waals surface area contributed by atoms with Crippen molar-refractivity contribution in [1.82, 2.24) is 19.9 Å². The zero-order chi connectivity index (χ0) is 13.6. The first-order valence-corrected chi connectivity index (χ1v) is 6.46. The fraction of sp³-hybridized carbons (Fsp3) is 0.0909. The van der Waals surface area contributed by atoms with Crippen LogP contribution in [-0.4, -0.2) is 25.0 Å². The third-order valence-corrected chi connectivity index (χ3v) is 3.90. The average Bonchev–Trinajstić information content (AvgIpc) is 2.68. The number of aromatic amines is 1. The van der Waals surface area contributed by atoms with Crippen molar-refractivity contribution in [3.05, 3.63) is 32.9 Å². The smallest absolute Gasteiger partial charge is 0.262 e. The molecule has 0 aromatic carbocycles. The summed E-state index contributed by atoms with van der Waals surface area (Å²) >= 11 is 6.95. The van der Waals surface area contributed by atoms with Gasteiger partial charge in [0.2, 0.25) is 0 Å². The van der Waals surface area contributed by atoms with Crippen molar-refractivity contribution < 1.29 is 5.11 Å². The highest BCUT2D eigenvalue weighted by Crippen LogP contribution is 2.36. The summed E-state index contributed by atoms with van der Waals surface area (Å²) < 4.78 is 0.311. The van der Waals surface area contributed by atoms with Crippen LogP contribution in [0.25, 0.3) is 21.6 Å². The van der Waals surface area contributed by atoms with Gasteiger partial charge in [0, 0.05) is 12.4 Å². The molecule has 0 unspecified atom stereocenters. The van der Waals surface area contributed by atoms with E-state index < -0.39 is 5.56 Å². The van der Waals surface area contributed by atoms with E-state index in [1.54, 1.807) is 6.92 Å². The predicted octanol–water partition coefficient (Wildman–Crippen LogP) is 2.11. The molecule has 0 saturated heterocycles. The molecule has 3 heterocycles. The van der Waals surface area contributed by atoms with Crippen molar-refractivity contribution in [2.45, 2.75) is 6.92 Å². The SMILES string of the molecule is Cc1nc(Cl)sc1-c1c(O)c2nccnc2[nH]c1=O. The molecule has 3 aromatic heterocycles. The van der Waals surface area contributed by atoms with Crippen molar-refractivity contribution in [1.29, 1.82) is 0 Å². The van der Waals surface area contributed by atoms with Gasteiger partial charge in [0.25, 0.3) is 5.56 Å². The van der Waals surface area contributed by atoms with E-state index in [0.717, 1.165) is 11.3 Å². The summed E-state index contributed by atoms with van der Waals surface area (Å²) in [7, 11) is 0. The lowest BCUT2D eigenvalue weighted by Gasteiger charge is -2.04.